The molecule has 4 rings (SSSR count). The monoisotopic (exact) mass is 423 g/mol. The highest BCUT2D eigenvalue weighted by Crippen LogP contribution is 2.37. The minimum absolute atomic E-state index is 0.298. The predicted octanol–water partition coefficient (Wildman–Crippen LogP) is 3.77. The molecule has 154 valence electrons. The quantitative estimate of drug-likeness (QED) is 0.667. The summed E-state index contributed by atoms with van der Waals surface area (Å²) in [6.07, 6.45) is 0.0910. The molecule has 1 aliphatic rings. The van der Waals surface area contributed by atoms with Crippen molar-refractivity contribution in [3.63, 3.8) is 0 Å². The summed E-state index contributed by atoms with van der Waals surface area (Å²) < 4.78 is 5.07. The third-order valence-electron chi connectivity index (χ3n) is 5.07. The first kappa shape index (κ1) is 19.9. The highest BCUT2D eigenvalue weighted by atomic mass is 32.1. The van der Waals surface area contributed by atoms with Gasteiger partial charge in [0.05, 0.1) is 18.7 Å². The van der Waals surface area contributed by atoms with Gasteiger partial charge in [-0.15, -0.1) is 11.3 Å². The van der Waals surface area contributed by atoms with Crippen molar-refractivity contribution in [3.05, 3.63) is 64.0 Å². The standard InChI is InChI=1S/C22H21N3O4S/c1-2-29-22(28)25-10-9-16-17(12-25)30-21(18(16)19(23)26)24-20(27)15-8-7-13-5-3-4-6-14(13)11-15/h3-8,11H,2,9-10,12H2,1H3,(H2,23,26)(H,24,27). The highest BCUT2D eigenvalue weighted by Gasteiger charge is 2.30. The van der Waals surface area contributed by atoms with Crippen LogP contribution in [0.1, 0.15) is 38.1 Å². The zero-order chi connectivity index (χ0) is 21.3. The van der Waals surface area contributed by atoms with Gasteiger partial charge in [-0.1, -0.05) is 30.3 Å². The summed E-state index contributed by atoms with van der Waals surface area (Å²) in [6, 6.07) is 13.2. The molecule has 2 heterocycles. The topological polar surface area (TPSA) is 102 Å². The minimum Gasteiger partial charge on any atom is -0.450 e. The van der Waals surface area contributed by atoms with Crippen LogP contribution in [0.25, 0.3) is 10.8 Å². The van der Waals surface area contributed by atoms with Gasteiger partial charge in [0.2, 0.25) is 0 Å². The van der Waals surface area contributed by atoms with Gasteiger partial charge in [0, 0.05) is 17.0 Å². The average Bonchev–Trinajstić information content (AvgIpc) is 3.10. The predicted molar refractivity (Wildman–Crippen MR) is 116 cm³/mol. The van der Waals surface area contributed by atoms with E-state index in [9.17, 15) is 14.4 Å². The van der Waals surface area contributed by atoms with Crippen molar-refractivity contribution in [1.82, 2.24) is 4.90 Å². The third kappa shape index (κ3) is 3.73. The van der Waals surface area contributed by atoms with E-state index in [0.717, 1.165) is 21.2 Å². The molecule has 1 aliphatic heterocycles. The van der Waals surface area contributed by atoms with Crippen LogP contribution < -0.4 is 11.1 Å². The number of anilines is 1. The molecule has 0 bridgehead atoms. The molecule has 0 unspecified atom stereocenters. The number of rotatable bonds is 4. The highest BCUT2D eigenvalue weighted by molar-refractivity contribution is 7.17. The molecule has 8 heteroatoms. The molecule has 0 saturated heterocycles. The summed E-state index contributed by atoms with van der Waals surface area (Å²) in [4.78, 5) is 39.5. The summed E-state index contributed by atoms with van der Waals surface area (Å²) in [5, 5.41) is 5.25. The summed E-state index contributed by atoms with van der Waals surface area (Å²) in [6.45, 7) is 2.81. The lowest BCUT2D eigenvalue weighted by Crippen LogP contribution is -2.36. The molecule has 7 nitrogen and oxygen atoms in total. The molecule has 2 aromatic carbocycles. The molecule has 3 amide bonds. The number of carbonyl (C=O) groups is 3. The normalized spacial score (nSPS) is 13.0. The van der Waals surface area contributed by atoms with Crippen molar-refractivity contribution in [3.8, 4) is 0 Å². The summed E-state index contributed by atoms with van der Waals surface area (Å²) in [5.41, 5.74) is 7.23. The van der Waals surface area contributed by atoms with E-state index in [1.807, 2.05) is 36.4 Å². The van der Waals surface area contributed by atoms with Crippen LogP contribution in [0.4, 0.5) is 9.80 Å². The average molecular weight is 423 g/mol. The van der Waals surface area contributed by atoms with Crippen LogP contribution in [0.3, 0.4) is 0 Å². The van der Waals surface area contributed by atoms with E-state index in [4.69, 9.17) is 10.5 Å². The number of nitrogens with one attached hydrogen (secondary N) is 1. The van der Waals surface area contributed by atoms with E-state index >= 15 is 0 Å². The van der Waals surface area contributed by atoms with Gasteiger partial charge in [-0.05, 0) is 41.8 Å². The zero-order valence-corrected chi connectivity index (χ0v) is 17.3. The molecule has 3 aromatic rings. The first-order chi connectivity index (χ1) is 14.5. The van der Waals surface area contributed by atoms with Gasteiger partial charge >= 0.3 is 6.09 Å². The van der Waals surface area contributed by atoms with Gasteiger partial charge in [0.25, 0.3) is 11.8 Å². The SMILES string of the molecule is CCOC(=O)N1CCc2c(sc(NC(=O)c3ccc4ccccc4c3)c2C(N)=O)C1. The van der Waals surface area contributed by atoms with Crippen LogP contribution >= 0.6 is 11.3 Å². The number of carbonyl (C=O) groups excluding carboxylic acids is 3. The number of thiophene rings is 1. The second-order valence-corrected chi connectivity index (χ2v) is 8.06. The summed E-state index contributed by atoms with van der Waals surface area (Å²) in [5.74, 6) is -0.907. The molecular weight excluding hydrogens is 402 g/mol. The lowest BCUT2D eigenvalue weighted by Gasteiger charge is -2.26. The molecule has 3 N–H and O–H groups in total. The smallest absolute Gasteiger partial charge is 0.410 e. The molecule has 0 atom stereocenters. The molecule has 0 spiro atoms. The number of amides is 3. The maximum atomic E-state index is 12.9. The second kappa shape index (κ2) is 8.16. The lowest BCUT2D eigenvalue weighted by atomic mass is 10.0. The maximum absolute atomic E-state index is 12.9. The van der Waals surface area contributed by atoms with Gasteiger partial charge in [-0.3, -0.25) is 9.59 Å². The van der Waals surface area contributed by atoms with Gasteiger partial charge in [0.1, 0.15) is 5.00 Å². The Hall–Kier alpha value is -3.39. The Morgan fingerprint density at radius 1 is 1.17 bits per heavy atom. The Balaban J connectivity index is 1.61. The van der Waals surface area contributed by atoms with Gasteiger partial charge in [0.15, 0.2) is 0 Å². The van der Waals surface area contributed by atoms with Gasteiger partial charge < -0.3 is 20.7 Å². The lowest BCUT2D eigenvalue weighted by molar-refractivity contribution is 0.0997. The Morgan fingerprint density at radius 3 is 2.67 bits per heavy atom. The number of hydrogen-bond donors (Lipinski definition) is 2. The van der Waals surface area contributed by atoms with E-state index in [2.05, 4.69) is 5.32 Å². The largest absolute Gasteiger partial charge is 0.450 e. The molecule has 30 heavy (non-hydrogen) atoms. The van der Waals surface area contributed by atoms with E-state index < -0.39 is 5.91 Å². The van der Waals surface area contributed by atoms with Crippen LogP contribution in [-0.2, 0) is 17.7 Å². The molecule has 1 aromatic heterocycles. The second-order valence-electron chi connectivity index (χ2n) is 6.96. The van der Waals surface area contributed by atoms with Crippen LogP contribution in [0.2, 0.25) is 0 Å². The fraction of sp³-hybridized carbons (Fsp3) is 0.227. The number of nitrogens with two attached hydrogens (primary N) is 1. The Bertz CT molecular complexity index is 1150. The number of fused-ring (bicyclic) bond motifs is 2. The Labute approximate surface area is 177 Å². The van der Waals surface area contributed by atoms with Crippen molar-refractivity contribution >= 4 is 45.0 Å². The maximum Gasteiger partial charge on any atom is 0.410 e. The van der Waals surface area contributed by atoms with E-state index in [-0.39, 0.29) is 12.0 Å². The van der Waals surface area contributed by atoms with Crippen LogP contribution in [0.5, 0.6) is 0 Å². The van der Waals surface area contributed by atoms with Gasteiger partial charge in [-0.25, -0.2) is 4.79 Å². The third-order valence-corrected chi connectivity index (χ3v) is 6.20. The molecule has 0 aliphatic carbocycles. The van der Waals surface area contributed by atoms with Crippen molar-refractivity contribution in [2.24, 2.45) is 5.73 Å². The zero-order valence-electron chi connectivity index (χ0n) is 16.4. The molecular formula is C22H21N3O4S. The molecule has 0 saturated carbocycles. The Morgan fingerprint density at radius 2 is 1.93 bits per heavy atom. The van der Waals surface area contributed by atoms with Crippen molar-refractivity contribution in [2.45, 2.75) is 19.9 Å². The van der Waals surface area contributed by atoms with Crippen LogP contribution in [-0.4, -0.2) is 36.0 Å². The fourth-order valence-electron chi connectivity index (χ4n) is 3.63. The minimum atomic E-state index is -0.592. The van der Waals surface area contributed by atoms with E-state index in [1.165, 1.54) is 11.3 Å². The number of nitrogens with zero attached hydrogens (tertiary/aromatic N) is 1. The summed E-state index contributed by atoms with van der Waals surface area (Å²) >= 11 is 1.27. The number of benzene rings is 2. The van der Waals surface area contributed by atoms with E-state index in [0.29, 0.717) is 42.2 Å². The van der Waals surface area contributed by atoms with Crippen LogP contribution in [0, 0.1) is 0 Å². The van der Waals surface area contributed by atoms with E-state index in [1.54, 1.807) is 17.9 Å². The number of primary amides is 1. The van der Waals surface area contributed by atoms with Crippen molar-refractivity contribution in [1.29, 1.82) is 0 Å². The number of ether oxygens (including phenoxy) is 1. The molecule has 0 fully saturated rings. The van der Waals surface area contributed by atoms with Crippen molar-refractivity contribution < 1.29 is 19.1 Å². The van der Waals surface area contributed by atoms with Crippen LogP contribution in [0.15, 0.2) is 42.5 Å². The first-order valence-corrected chi connectivity index (χ1v) is 10.5. The number of hydrogen-bond acceptors (Lipinski definition) is 5. The summed E-state index contributed by atoms with van der Waals surface area (Å²) in [7, 11) is 0. The first-order valence-electron chi connectivity index (χ1n) is 9.64. The fourth-order valence-corrected chi connectivity index (χ4v) is 4.89. The van der Waals surface area contributed by atoms with Gasteiger partial charge in [-0.2, -0.15) is 0 Å². The Kier molecular flexibility index (Phi) is 5.41. The van der Waals surface area contributed by atoms with Crippen molar-refractivity contribution in [2.75, 3.05) is 18.5 Å². The molecule has 0 radical (unpaired) electrons.